The van der Waals surface area contributed by atoms with Gasteiger partial charge in [-0.25, -0.2) is 4.98 Å². The SMILES string of the molecule is CC.CC1=Cc2oc(C)nc2CC1. The highest BCUT2D eigenvalue weighted by atomic mass is 16.4. The van der Waals surface area contributed by atoms with Gasteiger partial charge >= 0.3 is 0 Å². The van der Waals surface area contributed by atoms with Gasteiger partial charge in [-0.15, -0.1) is 0 Å². The highest BCUT2D eigenvalue weighted by molar-refractivity contribution is 5.52. The second-order valence-electron chi connectivity index (χ2n) is 3.03. The van der Waals surface area contributed by atoms with E-state index in [0.717, 1.165) is 30.2 Å². The van der Waals surface area contributed by atoms with Gasteiger partial charge < -0.3 is 4.42 Å². The van der Waals surface area contributed by atoms with Crippen molar-refractivity contribution in [2.75, 3.05) is 0 Å². The fourth-order valence-corrected chi connectivity index (χ4v) is 1.39. The Morgan fingerprint density at radius 2 is 1.92 bits per heavy atom. The summed E-state index contributed by atoms with van der Waals surface area (Å²) in [4.78, 5) is 4.27. The molecule has 0 fully saturated rings. The van der Waals surface area contributed by atoms with Gasteiger partial charge in [-0.05, 0) is 25.8 Å². The molecule has 0 atom stereocenters. The van der Waals surface area contributed by atoms with E-state index in [1.807, 2.05) is 20.8 Å². The molecule has 0 radical (unpaired) electrons. The van der Waals surface area contributed by atoms with Crippen LogP contribution in [0.1, 0.15) is 44.5 Å². The van der Waals surface area contributed by atoms with Crippen LogP contribution < -0.4 is 0 Å². The standard InChI is InChI=1S/C9H11NO.C2H6/c1-6-3-4-8-9(5-6)11-7(2)10-8;1-2/h5H,3-4H2,1-2H3;1-2H3. The molecule has 1 aromatic heterocycles. The van der Waals surface area contributed by atoms with Crippen LogP contribution in [0.4, 0.5) is 0 Å². The topological polar surface area (TPSA) is 26.0 Å². The molecular weight excluding hydrogens is 162 g/mol. The quantitative estimate of drug-likeness (QED) is 0.610. The zero-order valence-corrected chi connectivity index (χ0v) is 8.85. The summed E-state index contributed by atoms with van der Waals surface area (Å²) in [5.74, 6) is 1.74. The normalized spacial score (nSPS) is 14.0. The van der Waals surface area contributed by atoms with Gasteiger partial charge in [-0.2, -0.15) is 0 Å². The van der Waals surface area contributed by atoms with Crippen LogP contribution in [-0.2, 0) is 6.42 Å². The molecule has 0 bridgehead atoms. The second kappa shape index (κ2) is 4.26. The first-order chi connectivity index (χ1) is 6.25. The second-order valence-corrected chi connectivity index (χ2v) is 3.03. The van der Waals surface area contributed by atoms with Gasteiger partial charge in [0.15, 0.2) is 11.7 Å². The molecule has 13 heavy (non-hydrogen) atoms. The van der Waals surface area contributed by atoms with Gasteiger partial charge in [0.2, 0.25) is 0 Å². The zero-order chi connectivity index (χ0) is 9.84. The van der Waals surface area contributed by atoms with Crippen molar-refractivity contribution in [1.82, 2.24) is 4.98 Å². The van der Waals surface area contributed by atoms with E-state index in [9.17, 15) is 0 Å². The van der Waals surface area contributed by atoms with Gasteiger partial charge in [0.05, 0.1) is 5.69 Å². The van der Waals surface area contributed by atoms with E-state index in [1.54, 1.807) is 0 Å². The molecule has 1 heterocycles. The van der Waals surface area contributed by atoms with E-state index < -0.39 is 0 Å². The predicted molar refractivity (Wildman–Crippen MR) is 54.6 cm³/mol. The molecule has 1 aromatic rings. The summed E-state index contributed by atoms with van der Waals surface area (Å²) in [6, 6.07) is 0. The third-order valence-corrected chi connectivity index (χ3v) is 1.97. The number of aromatic nitrogens is 1. The minimum absolute atomic E-state index is 0.779. The fraction of sp³-hybridized carbons (Fsp3) is 0.545. The first-order valence-electron chi connectivity index (χ1n) is 4.89. The maximum absolute atomic E-state index is 5.39. The summed E-state index contributed by atoms with van der Waals surface area (Å²) in [6.45, 7) is 8.02. The average Bonchev–Trinajstić information content (AvgIpc) is 2.48. The monoisotopic (exact) mass is 179 g/mol. The van der Waals surface area contributed by atoms with Crippen LogP contribution in [0, 0.1) is 6.92 Å². The molecule has 2 rings (SSSR count). The molecule has 0 aliphatic heterocycles. The molecule has 0 spiro atoms. The summed E-state index contributed by atoms with van der Waals surface area (Å²) >= 11 is 0. The number of oxazole rings is 1. The van der Waals surface area contributed by atoms with E-state index in [-0.39, 0.29) is 0 Å². The van der Waals surface area contributed by atoms with Crippen molar-refractivity contribution in [2.24, 2.45) is 0 Å². The van der Waals surface area contributed by atoms with Gasteiger partial charge in [0.25, 0.3) is 0 Å². The van der Waals surface area contributed by atoms with Crippen molar-refractivity contribution in [3.8, 4) is 0 Å². The van der Waals surface area contributed by atoms with Crippen molar-refractivity contribution in [2.45, 2.75) is 40.5 Å². The molecule has 0 N–H and O–H groups in total. The van der Waals surface area contributed by atoms with Gasteiger partial charge in [-0.3, -0.25) is 0 Å². The Balaban J connectivity index is 0.000000396. The van der Waals surface area contributed by atoms with Crippen LogP contribution in [-0.4, -0.2) is 4.98 Å². The van der Waals surface area contributed by atoms with Crippen LogP contribution in [0.15, 0.2) is 9.99 Å². The summed E-state index contributed by atoms with van der Waals surface area (Å²) in [6.07, 6.45) is 4.24. The van der Waals surface area contributed by atoms with Crippen molar-refractivity contribution in [1.29, 1.82) is 0 Å². The minimum Gasteiger partial charge on any atom is -0.441 e. The molecule has 1 aliphatic carbocycles. The smallest absolute Gasteiger partial charge is 0.192 e. The third kappa shape index (κ3) is 2.20. The van der Waals surface area contributed by atoms with Crippen LogP contribution in [0.5, 0.6) is 0 Å². The Bertz CT molecular complexity index is 310. The van der Waals surface area contributed by atoms with Crippen molar-refractivity contribution < 1.29 is 4.42 Å². The first-order valence-corrected chi connectivity index (χ1v) is 4.89. The molecule has 0 aromatic carbocycles. The first kappa shape index (κ1) is 10.0. The maximum Gasteiger partial charge on any atom is 0.192 e. The average molecular weight is 179 g/mol. The lowest BCUT2D eigenvalue weighted by atomic mass is 10.0. The predicted octanol–water partition coefficient (Wildman–Crippen LogP) is 3.36. The Morgan fingerprint density at radius 1 is 1.23 bits per heavy atom. The van der Waals surface area contributed by atoms with E-state index in [1.165, 1.54) is 5.57 Å². The lowest BCUT2D eigenvalue weighted by Gasteiger charge is -2.05. The third-order valence-electron chi connectivity index (χ3n) is 1.97. The zero-order valence-electron chi connectivity index (χ0n) is 8.85. The van der Waals surface area contributed by atoms with E-state index in [0.29, 0.717) is 0 Å². The summed E-state index contributed by atoms with van der Waals surface area (Å²) < 4.78 is 5.39. The van der Waals surface area contributed by atoms with Crippen LogP contribution in [0.3, 0.4) is 0 Å². The van der Waals surface area contributed by atoms with Crippen LogP contribution in [0.2, 0.25) is 0 Å². The summed E-state index contributed by atoms with van der Waals surface area (Å²) in [7, 11) is 0. The molecule has 0 unspecified atom stereocenters. The number of rotatable bonds is 0. The molecule has 1 aliphatic rings. The maximum atomic E-state index is 5.39. The lowest BCUT2D eigenvalue weighted by molar-refractivity contribution is 0.510. The number of hydrogen-bond acceptors (Lipinski definition) is 2. The number of hydrogen-bond donors (Lipinski definition) is 0. The molecule has 2 nitrogen and oxygen atoms in total. The van der Waals surface area contributed by atoms with Gasteiger partial charge in [0, 0.05) is 6.92 Å². The largest absolute Gasteiger partial charge is 0.441 e. The Morgan fingerprint density at radius 3 is 2.62 bits per heavy atom. The molecule has 0 amide bonds. The van der Waals surface area contributed by atoms with E-state index in [4.69, 9.17) is 4.42 Å². The lowest BCUT2D eigenvalue weighted by Crippen LogP contribution is -1.94. The van der Waals surface area contributed by atoms with E-state index in [2.05, 4.69) is 18.0 Å². The number of aryl methyl sites for hydroxylation is 2. The highest BCUT2D eigenvalue weighted by Gasteiger charge is 2.13. The van der Waals surface area contributed by atoms with E-state index >= 15 is 0 Å². The van der Waals surface area contributed by atoms with Crippen molar-refractivity contribution in [3.63, 3.8) is 0 Å². The molecular formula is C11H17NO. The molecule has 72 valence electrons. The Hall–Kier alpha value is -1.05. The fourth-order valence-electron chi connectivity index (χ4n) is 1.39. The van der Waals surface area contributed by atoms with Gasteiger partial charge in [-0.1, -0.05) is 19.4 Å². The van der Waals surface area contributed by atoms with Crippen LogP contribution in [0.25, 0.3) is 6.08 Å². The summed E-state index contributed by atoms with van der Waals surface area (Å²) in [5.41, 5.74) is 2.50. The molecule has 0 saturated carbocycles. The highest BCUT2D eigenvalue weighted by Crippen LogP contribution is 2.23. The molecule has 0 saturated heterocycles. The molecule has 2 heteroatoms. The van der Waals surface area contributed by atoms with Gasteiger partial charge in [0.1, 0.15) is 0 Å². The number of fused-ring (bicyclic) bond motifs is 1. The summed E-state index contributed by atoms with van der Waals surface area (Å²) in [5, 5.41) is 0. The van der Waals surface area contributed by atoms with Crippen LogP contribution >= 0.6 is 0 Å². The minimum atomic E-state index is 0.779. The van der Waals surface area contributed by atoms with Crippen molar-refractivity contribution in [3.05, 3.63) is 22.9 Å². The Kier molecular flexibility index (Phi) is 3.29. The number of nitrogens with zero attached hydrogens (tertiary/aromatic N) is 1. The van der Waals surface area contributed by atoms with Crippen molar-refractivity contribution >= 4 is 6.08 Å². The Labute approximate surface area is 79.7 Å². The number of allylic oxidation sites excluding steroid dienone is 1.